The zero-order valence-electron chi connectivity index (χ0n) is 19.3. The van der Waals surface area contributed by atoms with Gasteiger partial charge in [0.15, 0.2) is 0 Å². The molecule has 0 saturated heterocycles. The van der Waals surface area contributed by atoms with Gasteiger partial charge in [-0.3, -0.25) is 10.1 Å². The van der Waals surface area contributed by atoms with E-state index in [9.17, 15) is 9.59 Å². The topological polar surface area (TPSA) is 84.7 Å². The molecule has 3 rings (SSSR count). The number of carbonyl (C=O) groups is 2. The lowest BCUT2D eigenvalue weighted by Crippen LogP contribution is -2.30. The molecule has 0 spiro atoms. The third-order valence-electron chi connectivity index (χ3n) is 4.61. The molecule has 0 radical (unpaired) electrons. The Morgan fingerprint density at radius 2 is 1.67 bits per heavy atom. The van der Waals surface area contributed by atoms with Crippen LogP contribution in [0.15, 0.2) is 82.6 Å². The van der Waals surface area contributed by atoms with E-state index < -0.39 is 11.7 Å². The Hall–Kier alpha value is -3.45. The third kappa shape index (κ3) is 6.76. The highest BCUT2D eigenvalue weighted by molar-refractivity contribution is 7.99. The van der Waals surface area contributed by atoms with Crippen molar-refractivity contribution in [3.8, 4) is 0 Å². The number of nitrogens with two attached hydrogens (primary N) is 1. The van der Waals surface area contributed by atoms with Crippen LogP contribution in [0.25, 0.3) is 0 Å². The smallest absolute Gasteiger partial charge is 0.412 e. The van der Waals surface area contributed by atoms with Crippen molar-refractivity contribution >= 4 is 40.8 Å². The lowest BCUT2D eigenvalue weighted by Gasteiger charge is -2.21. The van der Waals surface area contributed by atoms with Gasteiger partial charge < -0.3 is 15.4 Å². The summed E-state index contributed by atoms with van der Waals surface area (Å²) in [6.07, 6.45) is -0.496. The van der Waals surface area contributed by atoms with Crippen molar-refractivity contribution < 1.29 is 14.3 Å². The van der Waals surface area contributed by atoms with Crippen LogP contribution in [-0.2, 0) is 4.74 Å². The minimum Gasteiger partial charge on any atom is -0.444 e. The van der Waals surface area contributed by atoms with Crippen LogP contribution in [0.5, 0.6) is 0 Å². The number of nitrogen functional groups attached to an aromatic ring is 1. The van der Waals surface area contributed by atoms with Gasteiger partial charge in [-0.2, -0.15) is 0 Å². The fraction of sp³-hybridized carbons (Fsp3) is 0.231. The molecule has 0 atom stereocenters. The Bertz CT molecular complexity index is 1110. The molecule has 3 N–H and O–H groups in total. The van der Waals surface area contributed by atoms with Crippen molar-refractivity contribution in [2.75, 3.05) is 22.5 Å². The fourth-order valence-electron chi connectivity index (χ4n) is 3.14. The Morgan fingerprint density at radius 3 is 2.24 bits per heavy atom. The fourth-order valence-corrected chi connectivity index (χ4v) is 3.98. The highest BCUT2D eigenvalue weighted by Gasteiger charge is 2.18. The second-order valence-corrected chi connectivity index (χ2v) is 9.51. The second kappa shape index (κ2) is 10.4. The number of hydrogen-bond donors (Lipinski definition) is 2. The Labute approximate surface area is 199 Å². The summed E-state index contributed by atoms with van der Waals surface area (Å²) >= 11 is 1.49. The monoisotopic (exact) mass is 463 g/mol. The van der Waals surface area contributed by atoms with E-state index in [0.29, 0.717) is 23.5 Å². The first kappa shape index (κ1) is 24.2. The van der Waals surface area contributed by atoms with Crippen LogP contribution in [0.1, 0.15) is 38.1 Å². The molecule has 6 nitrogen and oxygen atoms in total. The number of ether oxygens (including phenoxy) is 1. The molecule has 33 heavy (non-hydrogen) atoms. The predicted molar refractivity (Wildman–Crippen MR) is 135 cm³/mol. The van der Waals surface area contributed by atoms with Gasteiger partial charge in [-0.1, -0.05) is 30.0 Å². The van der Waals surface area contributed by atoms with Gasteiger partial charge in [0, 0.05) is 39.0 Å². The van der Waals surface area contributed by atoms with Crippen molar-refractivity contribution in [1.82, 2.24) is 0 Å². The summed E-state index contributed by atoms with van der Waals surface area (Å²) in [5.41, 5.74) is 8.29. The van der Waals surface area contributed by atoms with E-state index in [4.69, 9.17) is 10.5 Å². The number of nitrogens with zero attached hydrogens (tertiary/aromatic N) is 1. The molecule has 0 saturated carbocycles. The van der Waals surface area contributed by atoms with Crippen molar-refractivity contribution in [2.45, 2.75) is 43.1 Å². The van der Waals surface area contributed by atoms with E-state index in [0.717, 1.165) is 15.5 Å². The second-order valence-electron chi connectivity index (χ2n) is 8.39. The van der Waals surface area contributed by atoms with Gasteiger partial charge in [-0.25, -0.2) is 4.79 Å². The highest BCUT2D eigenvalue weighted by Crippen LogP contribution is 2.33. The van der Waals surface area contributed by atoms with Gasteiger partial charge in [-0.05, 0) is 82.3 Å². The average molecular weight is 464 g/mol. The van der Waals surface area contributed by atoms with E-state index >= 15 is 0 Å². The molecule has 3 aromatic rings. The molecule has 0 aliphatic rings. The number of anilines is 3. The van der Waals surface area contributed by atoms with E-state index in [1.165, 1.54) is 11.8 Å². The normalized spacial score (nSPS) is 11.0. The maximum absolute atomic E-state index is 13.0. The first-order valence-electron chi connectivity index (χ1n) is 10.7. The maximum atomic E-state index is 13.0. The van der Waals surface area contributed by atoms with E-state index in [1.54, 1.807) is 29.2 Å². The molecule has 0 fully saturated rings. The summed E-state index contributed by atoms with van der Waals surface area (Å²) in [6.45, 7) is 7.95. The Kier molecular flexibility index (Phi) is 7.66. The van der Waals surface area contributed by atoms with E-state index in [-0.39, 0.29) is 5.91 Å². The SMILES string of the molecule is CCN(C(=O)c1ccc(Sc2ccc(NC(=O)OC(C)(C)C)cc2)c(N)c1)c1ccccc1. The summed E-state index contributed by atoms with van der Waals surface area (Å²) in [5, 5.41) is 2.71. The van der Waals surface area contributed by atoms with Gasteiger partial charge in [0.1, 0.15) is 5.60 Å². The van der Waals surface area contributed by atoms with Crippen molar-refractivity contribution in [2.24, 2.45) is 0 Å². The number of nitrogens with one attached hydrogen (secondary N) is 1. The van der Waals surface area contributed by atoms with Gasteiger partial charge in [0.25, 0.3) is 5.91 Å². The zero-order valence-corrected chi connectivity index (χ0v) is 20.1. The van der Waals surface area contributed by atoms with Gasteiger partial charge in [0.2, 0.25) is 0 Å². The molecule has 0 unspecified atom stereocenters. The summed E-state index contributed by atoms with van der Waals surface area (Å²) in [4.78, 5) is 28.5. The summed E-state index contributed by atoms with van der Waals surface area (Å²) in [6, 6.07) is 22.3. The quantitative estimate of drug-likeness (QED) is 0.411. The van der Waals surface area contributed by atoms with Crippen LogP contribution in [0.3, 0.4) is 0 Å². The summed E-state index contributed by atoms with van der Waals surface area (Å²) in [5.74, 6) is -0.0930. The standard InChI is InChI=1S/C26H29N3O3S/c1-5-29(20-9-7-6-8-10-20)24(30)18-11-16-23(22(27)17-18)33-21-14-12-19(13-15-21)28-25(31)32-26(2,3)4/h6-17H,5,27H2,1-4H3,(H,28,31). The van der Waals surface area contributed by atoms with Crippen LogP contribution in [0, 0.1) is 0 Å². The van der Waals surface area contributed by atoms with Crippen LogP contribution < -0.4 is 16.0 Å². The molecule has 0 aliphatic carbocycles. The predicted octanol–water partition coefficient (Wildman–Crippen LogP) is 6.43. The first-order valence-corrected chi connectivity index (χ1v) is 11.5. The van der Waals surface area contributed by atoms with Crippen LogP contribution >= 0.6 is 11.8 Å². The average Bonchev–Trinajstić information content (AvgIpc) is 2.76. The summed E-state index contributed by atoms with van der Waals surface area (Å²) < 4.78 is 5.26. The van der Waals surface area contributed by atoms with Gasteiger partial charge in [-0.15, -0.1) is 0 Å². The van der Waals surface area contributed by atoms with Crippen molar-refractivity contribution in [3.05, 3.63) is 78.4 Å². The molecule has 7 heteroatoms. The van der Waals surface area contributed by atoms with Crippen LogP contribution in [0.4, 0.5) is 21.9 Å². The molecular formula is C26H29N3O3S. The number of benzene rings is 3. The minimum absolute atomic E-state index is 0.0930. The summed E-state index contributed by atoms with van der Waals surface area (Å²) in [7, 11) is 0. The van der Waals surface area contributed by atoms with Gasteiger partial charge >= 0.3 is 6.09 Å². The molecule has 0 bridgehead atoms. The van der Waals surface area contributed by atoms with Crippen molar-refractivity contribution in [3.63, 3.8) is 0 Å². The molecule has 3 aromatic carbocycles. The lowest BCUT2D eigenvalue weighted by molar-refractivity contribution is 0.0635. The molecule has 0 heterocycles. The zero-order chi connectivity index (χ0) is 24.0. The third-order valence-corrected chi connectivity index (χ3v) is 5.71. The number of amides is 2. The minimum atomic E-state index is -0.555. The molecular weight excluding hydrogens is 434 g/mol. The Balaban J connectivity index is 1.68. The molecule has 0 aliphatic heterocycles. The molecule has 172 valence electrons. The van der Waals surface area contributed by atoms with Crippen molar-refractivity contribution in [1.29, 1.82) is 0 Å². The Morgan fingerprint density at radius 1 is 1.00 bits per heavy atom. The van der Waals surface area contributed by atoms with Crippen LogP contribution in [0.2, 0.25) is 0 Å². The largest absolute Gasteiger partial charge is 0.444 e. The van der Waals surface area contributed by atoms with Gasteiger partial charge in [0.05, 0.1) is 0 Å². The highest BCUT2D eigenvalue weighted by atomic mass is 32.2. The number of rotatable bonds is 6. The molecule has 0 aromatic heterocycles. The number of para-hydroxylation sites is 1. The lowest BCUT2D eigenvalue weighted by atomic mass is 10.1. The van der Waals surface area contributed by atoms with E-state index in [2.05, 4.69) is 5.32 Å². The van der Waals surface area contributed by atoms with E-state index in [1.807, 2.05) is 76.2 Å². The van der Waals surface area contributed by atoms with Crippen LogP contribution in [-0.4, -0.2) is 24.1 Å². The first-order chi connectivity index (χ1) is 15.7. The number of hydrogen-bond acceptors (Lipinski definition) is 5. The molecule has 2 amide bonds. The number of carbonyl (C=O) groups excluding carboxylic acids is 2. The maximum Gasteiger partial charge on any atom is 0.412 e.